The van der Waals surface area contributed by atoms with Gasteiger partial charge in [0, 0.05) is 45.5 Å². The molecule has 0 unspecified atom stereocenters. The smallest absolute Gasteiger partial charge is 0.266 e. The number of hydrogen-bond donors (Lipinski definition) is 0. The highest BCUT2D eigenvalue weighted by atomic mass is 16.2. The average Bonchev–Trinajstić information content (AvgIpc) is 2.53. The number of carbonyl (C=O) groups excluding carboxylic acids is 2. The van der Waals surface area contributed by atoms with Crippen LogP contribution in [0.4, 0.5) is 0 Å². The molecule has 6 nitrogen and oxygen atoms in total. The van der Waals surface area contributed by atoms with Gasteiger partial charge in [-0.2, -0.15) is 5.26 Å². The first-order valence-corrected chi connectivity index (χ1v) is 7.48. The molecular weight excluding hydrogens is 268 g/mol. The van der Waals surface area contributed by atoms with Crippen molar-refractivity contribution in [3.05, 3.63) is 11.8 Å². The normalized spacial score (nSPS) is 21.1. The lowest BCUT2D eigenvalue weighted by molar-refractivity contribution is -0.128. The van der Waals surface area contributed by atoms with Crippen LogP contribution in [0.15, 0.2) is 11.8 Å². The molecule has 2 saturated heterocycles. The second-order valence-corrected chi connectivity index (χ2v) is 5.81. The molecule has 0 radical (unpaired) electrons. The fourth-order valence-electron chi connectivity index (χ4n) is 2.67. The van der Waals surface area contributed by atoms with E-state index >= 15 is 0 Å². The molecule has 2 aliphatic heterocycles. The number of piperazine rings is 1. The lowest BCUT2D eigenvalue weighted by atomic mass is 9.99. The van der Waals surface area contributed by atoms with Gasteiger partial charge in [-0.15, -0.1) is 0 Å². The molecule has 0 aromatic rings. The second kappa shape index (κ2) is 7.11. The fraction of sp³-hybridized carbons (Fsp3) is 0.667. The minimum absolute atomic E-state index is 0.165. The van der Waals surface area contributed by atoms with Gasteiger partial charge < -0.3 is 14.7 Å². The molecule has 0 bridgehead atoms. The van der Waals surface area contributed by atoms with Gasteiger partial charge >= 0.3 is 0 Å². The summed E-state index contributed by atoms with van der Waals surface area (Å²) in [6.07, 6.45) is 4.50. The highest BCUT2D eigenvalue weighted by molar-refractivity contribution is 5.97. The molecule has 0 aromatic carbocycles. The number of likely N-dealkylation sites (tertiary alicyclic amines) is 1. The molecule has 2 fully saturated rings. The van der Waals surface area contributed by atoms with E-state index in [1.54, 1.807) is 16.0 Å². The summed E-state index contributed by atoms with van der Waals surface area (Å²) in [5.41, 5.74) is 0.198. The molecule has 6 heteroatoms. The van der Waals surface area contributed by atoms with Gasteiger partial charge in [0.05, 0.1) is 0 Å². The summed E-state index contributed by atoms with van der Waals surface area (Å²) in [6, 6.07) is 2.03. The fourth-order valence-corrected chi connectivity index (χ4v) is 2.67. The molecule has 0 aromatic heterocycles. The maximum Gasteiger partial charge on any atom is 0.266 e. The number of nitriles is 1. The van der Waals surface area contributed by atoms with Crippen molar-refractivity contribution >= 4 is 12.3 Å². The van der Waals surface area contributed by atoms with Crippen molar-refractivity contribution in [2.24, 2.45) is 5.92 Å². The maximum atomic E-state index is 12.4. The average molecular weight is 290 g/mol. The largest absolute Gasteiger partial charge is 0.373 e. The molecule has 2 rings (SSSR count). The van der Waals surface area contributed by atoms with Gasteiger partial charge in [0.2, 0.25) is 6.41 Å². The molecular formula is C15H22N4O2. The monoisotopic (exact) mass is 290 g/mol. The van der Waals surface area contributed by atoms with E-state index in [9.17, 15) is 14.9 Å². The Kier molecular flexibility index (Phi) is 5.20. The van der Waals surface area contributed by atoms with Gasteiger partial charge in [-0.25, -0.2) is 0 Å². The third kappa shape index (κ3) is 3.97. The van der Waals surface area contributed by atoms with E-state index in [2.05, 4.69) is 6.92 Å². The summed E-state index contributed by atoms with van der Waals surface area (Å²) in [5, 5.41) is 9.25. The zero-order valence-corrected chi connectivity index (χ0v) is 12.5. The summed E-state index contributed by atoms with van der Waals surface area (Å²) >= 11 is 0. The van der Waals surface area contributed by atoms with Crippen LogP contribution in [0, 0.1) is 17.2 Å². The van der Waals surface area contributed by atoms with Gasteiger partial charge in [-0.3, -0.25) is 9.59 Å². The van der Waals surface area contributed by atoms with Gasteiger partial charge in [0.25, 0.3) is 5.91 Å². The number of amides is 2. The predicted molar refractivity (Wildman–Crippen MR) is 77.9 cm³/mol. The Balaban J connectivity index is 1.96. The highest BCUT2D eigenvalue weighted by Gasteiger charge is 2.24. The van der Waals surface area contributed by atoms with Crippen LogP contribution in [0.3, 0.4) is 0 Å². The molecule has 0 N–H and O–H groups in total. The van der Waals surface area contributed by atoms with Crippen LogP contribution in [0.5, 0.6) is 0 Å². The number of rotatable bonds is 3. The third-order valence-corrected chi connectivity index (χ3v) is 4.23. The Bertz CT molecular complexity index is 453. The quantitative estimate of drug-likeness (QED) is 0.429. The molecule has 21 heavy (non-hydrogen) atoms. The van der Waals surface area contributed by atoms with Crippen molar-refractivity contribution in [2.45, 2.75) is 19.8 Å². The van der Waals surface area contributed by atoms with Crippen molar-refractivity contribution in [3.63, 3.8) is 0 Å². The molecule has 0 saturated carbocycles. The van der Waals surface area contributed by atoms with Crippen LogP contribution in [0.2, 0.25) is 0 Å². The van der Waals surface area contributed by atoms with Crippen LogP contribution >= 0.6 is 0 Å². The van der Waals surface area contributed by atoms with Gasteiger partial charge in [0.1, 0.15) is 11.6 Å². The first kappa shape index (κ1) is 15.4. The molecule has 0 spiro atoms. The Labute approximate surface area is 125 Å². The number of carbonyl (C=O) groups is 2. The lowest BCUT2D eigenvalue weighted by Crippen LogP contribution is -2.44. The van der Waals surface area contributed by atoms with Crippen LogP contribution in [-0.4, -0.2) is 66.3 Å². The van der Waals surface area contributed by atoms with Gasteiger partial charge in [-0.1, -0.05) is 6.92 Å². The van der Waals surface area contributed by atoms with Crippen molar-refractivity contribution in [2.75, 3.05) is 39.3 Å². The van der Waals surface area contributed by atoms with Crippen LogP contribution in [0.25, 0.3) is 0 Å². The van der Waals surface area contributed by atoms with Crippen molar-refractivity contribution < 1.29 is 9.59 Å². The van der Waals surface area contributed by atoms with Crippen LogP contribution in [-0.2, 0) is 9.59 Å². The molecule has 0 aliphatic carbocycles. The molecule has 0 atom stereocenters. The second-order valence-electron chi connectivity index (χ2n) is 5.81. The Morgan fingerprint density at radius 1 is 1.10 bits per heavy atom. The molecule has 2 aliphatic rings. The SMILES string of the molecule is CC1CCN(C(=O)/C(C#N)=C\N2CCN(C=O)CC2)CC1. The van der Waals surface area contributed by atoms with Crippen molar-refractivity contribution in [1.82, 2.24) is 14.7 Å². The number of nitrogens with zero attached hydrogens (tertiary/aromatic N) is 4. The summed E-state index contributed by atoms with van der Waals surface area (Å²) in [4.78, 5) is 28.5. The Morgan fingerprint density at radius 2 is 1.67 bits per heavy atom. The van der Waals surface area contributed by atoms with E-state index in [-0.39, 0.29) is 11.5 Å². The van der Waals surface area contributed by atoms with Gasteiger partial charge in [0.15, 0.2) is 0 Å². The van der Waals surface area contributed by atoms with E-state index in [0.29, 0.717) is 32.1 Å². The summed E-state index contributed by atoms with van der Waals surface area (Å²) in [6.45, 7) is 6.25. The van der Waals surface area contributed by atoms with Crippen molar-refractivity contribution in [1.29, 1.82) is 5.26 Å². The summed E-state index contributed by atoms with van der Waals surface area (Å²) in [5.74, 6) is 0.488. The number of piperidine rings is 1. The van der Waals surface area contributed by atoms with E-state index < -0.39 is 0 Å². The highest BCUT2D eigenvalue weighted by Crippen LogP contribution is 2.18. The van der Waals surface area contributed by atoms with E-state index in [1.165, 1.54) is 0 Å². The topological polar surface area (TPSA) is 67.7 Å². The summed E-state index contributed by atoms with van der Waals surface area (Å²) < 4.78 is 0. The number of hydrogen-bond acceptors (Lipinski definition) is 4. The lowest BCUT2D eigenvalue weighted by Gasteiger charge is -2.33. The Morgan fingerprint density at radius 3 is 2.19 bits per heavy atom. The standard InChI is InChI=1S/C15H22N4O2/c1-13-2-4-19(5-3-13)15(21)14(10-16)11-17-6-8-18(12-20)9-7-17/h11-13H,2-9H2,1H3/b14-11-. The molecule has 2 heterocycles. The minimum atomic E-state index is -0.165. The van der Waals surface area contributed by atoms with E-state index in [4.69, 9.17) is 0 Å². The first-order chi connectivity index (χ1) is 10.1. The maximum absolute atomic E-state index is 12.4. The zero-order chi connectivity index (χ0) is 15.2. The minimum Gasteiger partial charge on any atom is -0.373 e. The molecule has 2 amide bonds. The summed E-state index contributed by atoms with van der Waals surface area (Å²) in [7, 11) is 0. The van der Waals surface area contributed by atoms with E-state index in [0.717, 1.165) is 32.3 Å². The predicted octanol–water partition coefficient (Wildman–Crippen LogP) is 0.426. The van der Waals surface area contributed by atoms with E-state index in [1.807, 2.05) is 11.0 Å². The van der Waals surface area contributed by atoms with Crippen LogP contribution in [0.1, 0.15) is 19.8 Å². The zero-order valence-electron chi connectivity index (χ0n) is 12.5. The first-order valence-electron chi connectivity index (χ1n) is 7.48. The van der Waals surface area contributed by atoms with Gasteiger partial charge in [-0.05, 0) is 18.8 Å². The van der Waals surface area contributed by atoms with Crippen molar-refractivity contribution in [3.8, 4) is 6.07 Å². The Hall–Kier alpha value is -2.03. The molecule has 114 valence electrons. The third-order valence-electron chi connectivity index (χ3n) is 4.23. The van der Waals surface area contributed by atoms with Crippen LogP contribution < -0.4 is 0 Å².